The average molecular weight is 604 g/mol. The number of halogens is 5. The second kappa shape index (κ2) is 11.0. The Morgan fingerprint density at radius 1 is 1.32 bits per heavy atom. The third-order valence-corrected chi connectivity index (χ3v) is 6.82. The van der Waals surface area contributed by atoms with Crippen molar-refractivity contribution in [3.63, 3.8) is 0 Å². The number of alkyl halides is 3. The van der Waals surface area contributed by atoms with Crippen molar-refractivity contribution in [2.75, 3.05) is 18.1 Å². The first kappa shape index (κ1) is 26.3. The Bertz CT molecular complexity index is 1130. The normalized spacial score (nSPS) is 17.6. The fourth-order valence-corrected chi connectivity index (χ4v) is 4.59. The van der Waals surface area contributed by atoms with Gasteiger partial charge in [-0.1, -0.05) is 42.3 Å². The minimum Gasteiger partial charge on any atom is -0.374 e. The molecule has 0 saturated carbocycles. The molecule has 3 rings (SSSR count). The van der Waals surface area contributed by atoms with Crippen LogP contribution < -0.4 is 0 Å². The number of hydrogen-bond acceptors (Lipinski definition) is 4. The Kier molecular flexibility index (Phi) is 8.52. The molecular weight excluding hydrogens is 583 g/mol. The molecule has 1 heterocycles. The Labute approximate surface area is 213 Å². The molecule has 1 aliphatic rings. The molecule has 180 valence electrons. The van der Waals surface area contributed by atoms with Crippen molar-refractivity contribution in [2.24, 2.45) is 5.16 Å². The fourth-order valence-electron chi connectivity index (χ4n) is 3.48. The minimum absolute atomic E-state index is 0.0162. The number of hydrogen-bond donors (Lipinski definition) is 0. The smallest absolute Gasteiger partial charge is 0.374 e. The average Bonchev–Trinajstić information content (AvgIpc) is 3.25. The van der Waals surface area contributed by atoms with Gasteiger partial charge in [0.1, 0.15) is 5.82 Å². The molecule has 10 heteroatoms. The van der Waals surface area contributed by atoms with Gasteiger partial charge in [0.25, 0.3) is 5.60 Å². The van der Waals surface area contributed by atoms with Crippen molar-refractivity contribution < 1.29 is 27.2 Å². The van der Waals surface area contributed by atoms with Gasteiger partial charge in [-0.25, -0.2) is 4.39 Å². The lowest BCUT2D eigenvalue weighted by Crippen LogP contribution is -2.42. The van der Waals surface area contributed by atoms with E-state index in [0.29, 0.717) is 3.57 Å². The number of carbonyl (C=O) groups is 1. The lowest BCUT2D eigenvalue weighted by atomic mass is 9.86. The van der Waals surface area contributed by atoms with Crippen LogP contribution in [0.5, 0.6) is 0 Å². The summed E-state index contributed by atoms with van der Waals surface area (Å²) in [7, 11) is 0. The first-order valence-electron chi connectivity index (χ1n) is 10.3. The zero-order valence-electron chi connectivity index (χ0n) is 18.2. The highest BCUT2D eigenvalue weighted by Gasteiger charge is 2.62. The van der Waals surface area contributed by atoms with Gasteiger partial charge in [0.05, 0.1) is 18.0 Å². The number of benzene rings is 2. The molecule has 34 heavy (non-hydrogen) atoms. The zero-order chi connectivity index (χ0) is 24.9. The largest absolute Gasteiger partial charge is 0.435 e. The van der Waals surface area contributed by atoms with E-state index in [2.05, 4.69) is 11.1 Å². The van der Waals surface area contributed by atoms with Crippen LogP contribution in [0.2, 0.25) is 0 Å². The SMILES string of the molecule is C#CCN(Cc1ccc(C2=NOC(c3cccc(I)c3)(C(F)(F)F)C2)cc1F)C(=O)CSCC. The first-order valence-corrected chi connectivity index (χ1v) is 12.5. The molecule has 1 unspecified atom stereocenters. The summed E-state index contributed by atoms with van der Waals surface area (Å²) in [5.74, 6) is 2.49. The van der Waals surface area contributed by atoms with Gasteiger partial charge in [-0.15, -0.1) is 6.42 Å². The van der Waals surface area contributed by atoms with Gasteiger partial charge in [-0.3, -0.25) is 4.79 Å². The third-order valence-electron chi connectivity index (χ3n) is 5.29. The molecule has 0 radical (unpaired) electrons. The molecule has 0 fully saturated rings. The van der Waals surface area contributed by atoms with Crippen molar-refractivity contribution in [1.82, 2.24) is 4.90 Å². The van der Waals surface area contributed by atoms with Crippen molar-refractivity contribution in [3.05, 3.63) is 68.5 Å². The van der Waals surface area contributed by atoms with E-state index >= 15 is 0 Å². The molecule has 1 aliphatic heterocycles. The van der Waals surface area contributed by atoms with Crippen molar-refractivity contribution in [3.8, 4) is 12.3 Å². The summed E-state index contributed by atoms with van der Waals surface area (Å²) in [5.41, 5.74) is -2.36. The molecule has 0 bridgehead atoms. The van der Waals surface area contributed by atoms with E-state index in [1.54, 1.807) is 6.07 Å². The number of thioether (sulfide) groups is 1. The van der Waals surface area contributed by atoms with Crippen molar-refractivity contribution >= 4 is 46.0 Å². The van der Waals surface area contributed by atoms with E-state index in [-0.39, 0.29) is 47.2 Å². The second-order valence-electron chi connectivity index (χ2n) is 7.54. The molecule has 0 N–H and O–H groups in total. The third kappa shape index (κ3) is 5.68. The number of nitrogens with zero attached hydrogens (tertiary/aromatic N) is 2. The highest BCUT2D eigenvalue weighted by atomic mass is 127. The Morgan fingerprint density at radius 2 is 2.09 bits per heavy atom. The van der Waals surface area contributed by atoms with Crippen LogP contribution in [0.1, 0.15) is 30.0 Å². The zero-order valence-corrected chi connectivity index (χ0v) is 21.1. The molecule has 0 saturated heterocycles. The Morgan fingerprint density at radius 3 is 2.71 bits per heavy atom. The highest BCUT2D eigenvalue weighted by Crippen LogP contribution is 2.49. The number of rotatable bonds is 8. The predicted octanol–water partition coefficient (Wildman–Crippen LogP) is 5.73. The summed E-state index contributed by atoms with van der Waals surface area (Å²) in [6.07, 6.45) is 0.0115. The number of terminal acetylenes is 1. The lowest BCUT2D eigenvalue weighted by Gasteiger charge is -2.29. The van der Waals surface area contributed by atoms with Crippen LogP contribution in [0.3, 0.4) is 0 Å². The maximum atomic E-state index is 14.9. The molecule has 0 aromatic heterocycles. The van der Waals surface area contributed by atoms with Gasteiger partial charge >= 0.3 is 6.18 Å². The van der Waals surface area contributed by atoms with Crippen LogP contribution in [0.4, 0.5) is 17.6 Å². The Balaban J connectivity index is 1.83. The maximum Gasteiger partial charge on any atom is 0.435 e. The molecule has 4 nitrogen and oxygen atoms in total. The van der Waals surface area contributed by atoms with E-state index in [1.807, 2.05) is 29.5 Å². The van der Waals surface area contributed by atoms with E-state index in [0.717, 1.165) is 11.8 Å². The number of oxime groups is 1. The summed E-state index contributed by atoms with van der Waals surface area (Å²) in [6, 6.07) is 9.93. The molecule has 1 amide bonds. The van der Waals surface area contributed by atoms with Gasteiger partial charge in [-0.05, 0) is 46.5 Å². The molecule has 0 spiro atoms. The van der Waals surface area contributed by atoms with Gasteiger partial charge in [-0.2, -0.15) is 24.9 Å². The fraction of sp³-hybridized carbons (Fsp3) is 0.333. The quantitative estimate of drug-likeness (QED) is 0.220. The topological polar surface area (TPSA) is 41.9 Å². The van der Waals surface area contributed by atoms with Gasteiger partial charge < -0.3 is 9.74 Å². The molecule has 0 aliphatic carbocycles. The maximum absolute atomic E-state index is 14.9. The number of amides is 1. The summed E-state index contributed by atoms with van der Waals surface area (Å²) in [4.78, 5) is 18.7. The summed E-state index contributed by atoms with van der Waals surface area (Å²) < 4.78 is 57.9. The lowest BCUT2D eigenvalue weighted by molar-refractivity contribution is -0.275. The van der Waals surface area contributed by atoms with Crippen LogP contribution in [-0.4, -0.2) is 40.7 Å². The summed E-state index contributed by atoms with van der Waals surface area (Å²) in [5, 5.41) is 3.69. The van der Waals surface area contributed by atoms with Crippen LogP contribution >= 0.6 is 34.4 Å². The van der Waals surface area contributed by atoms with Gasteiger partial charge in [0.2, 0.25) is 5.91 Å². The second-order valence-corrected chi connectivity index (χ2v) is 10.1. The van der Waals surface area contributed by atoms with Gasteiger partial charge in [0, 0.05) is 33.2 Å². The van der Waals surface area contributed by atoms with Gasteiger partial charge in [0.15, 0.2) is 0 Å². The number of carbonyl (C=O) groups excluding carboxylic acids is 1. The Hall–Kier alpha value is -2.26. The first-order chi connectivity index (χ1) is 16.1. The minimum atomic E-state index is -4.74. The molecule has 2 aromatic rings. The van der Waals surface area contributed by atoms with E-state index in [1.165, 1.54) is 47.0 Å². The summed E-state index contributed by atoms with van der Waals surface area (Å²) in [6.45, 7) is 1.90. The van der Waals surface area contributed by atoms with E-state index < -0.39 is 24.0 Å². The molecule has 1 atom stereocenters. The standard InChI is InChI=1S/C24H21F4IN2O2S/c1-3-10-31(22(32)15-34-4-2)14-17-9-8-16(11-20(17)25)21-13-23(33-30-21,24(26,27)28)18-6-5-7-19(29)12-18/h1,5-9,11-12H,4,10,13-15H2,2H3. The van der Waals surface area contributed by atoms with Crippen LogP contribution in [0.15, 0.2) is 47.6 Å². The van der Waals surface area contributed by atoms with E-state index in [9.17, 15) is 22.4 Å². The molecule has 2 aromatic carbocycles. The summed E-state index contributed by atoms with van der Waals surface area (Å²) >= 11 is 3.36. The molecular formula is C24H21F4IN2O2S. The van der Waals surface area contributed by atoms with Crippen LogP contribution in [0.25, 0.3) is 0 Å². The van der Waals surface area contributed by atoms with Crippen molar-refractivity contribution in [1.29, 1.82) is 0 Å². The van der Waals surface area contributed by atoms with Crippen LogP contribution in [0, 0.1) is 21.7 Å². The highest BCUT2D eigenvalue weighted by molar-refractivity contribution is 14.1. The van der Waals surface area contributed by atoms with Crippen molar-refractivity contribution in [2.45, 2.75) is 31.7 Å². The van der Waals surface area contributed by atoms with Crippen LogP contribution in [-0.2, 0) is 21.8 Å². The predicted molar refractivity (Wildman–Crippen MR) is 133 cm³/mol. The van der Waals surface area contributed by atoms with E-state index in [4.69, 9.17) is 11.3 Å². The monoisotopic (exact) mass is 604 g/mol.